The van der Waals surface area contributed by atoms with E-state index in [4.69, 9.17) is 9.84 Å². The van der Waals surface area contributed by atoms with Crippen molar-refractivity contribution < 1.29 is 24.5 Å². The Bertz CT molecular complexity index is 401. The van der Waals surface area contributed by atoms with Gasteiger partial charge in [-0.3, -0.25) is 9.59 Å². The smallest absolute Gasteiger partial charge is 0.306 e. The van der Waals surface area contributed by atoms with Gasteiger partial charge in [-0.25, -0.2) is 0 Å². The predicted octanol–water partition coefficient (Wildman–Crippen LogP) is 0.876. The fourth-order valence-electron chi connectivity index (χ4n) is 3.40. The van der Waals surface area contributed by atoms with E-state index in [0.29, 0.717) is 38.8 Å². The van der Waals surface area contributed by atoms with Crippen LogP contribution in [0.5, 0.6) is 0 Å². The summed E-state index contributed by atoms with van der Waals surface area (Å²) in [5.41, 5.74) is -0.459. The second-order valence-corrected chi connectivity index (χ2v) is 6.79. The molecule has 1 amide bonds. The Morgan fingerprint density at radius 2 is 1.76 bits per heavy atom. The Balaban J connectivity index is 1.95. The molecule has 2 N–H and O–H groups in total. The number of carbonyl (C=O) groups excluding carboxylic acids is 1. The second kappa shape index (κ2) is 6.32. The summed E-state index contributed by atoms with van der Waals surface area (Å²) >= 11 is 0. The average Bonchev–Trinajstić information content (AvgIpc) is 2.44. The lowest BCUT2D eigenvalue weighted by molar-refractivity contribution is -0.171. The molecule has 0 radical (unpaired) electrons. The highest BCUT2D eigenvalue weighted by Crippen LogP contribution is 2.31. The molecule has 2 aliphatic rings. The minimum Gasteiger partial charge on any atom is -0.481 e. The molecule has 6 heteroatoms. The van der Waals surface area contributed by atoms with Crippen LogP contribution in [-0.4, -0.2) is 58.4 Å². The van der Waals surface area contributed by atoms with Gasteiger partial charge in [-0.2, -0.15) is 0 Å². The SMILES string of the molecule is CC1(C)CN(C(=O)C2CCC(C(=O)O)CC2)CC(CO)O1. The second-order valence-electron chi connectivity index (χ2n) is 6.79. The summed E-state index contributed by atoms with van der Waals surface area (Å²) in [6, 6.07) is 0. The van der Waals surface area contributed by atoms with Gasteiger partial charge in [-0.1, -0.05) is 0 Å². The zero-order valence-electron chi connectivity index (χ0n) is 12.7. The third kappa shape index (κ3) is 3.95. The standard InChI is InChI=1S/C15H25NO5/c1-15(2)9-16(7-12(8-17)21-15)13(18)10-3-5-11(6-4-10)14(19)20/h10-12,17H,3-9H2,1-2H3,(H,19,20). The monoisotopic (exact) mass is 299 g/mol. The predicted molar refractivity (Wildman–Crippen MR) is 75.7 cm³/mol. The number of amides is 1. The number of morpholine rings is 1. The van der Waals surface area contributed by atoms with Crippen molar-refractivity contribution in [2.75, 3.05) is 19.7 Å². The van der Waals surface area contributed by atoms with Gasteiger partial charge in [-0.05, 0) is 39.5 Å². The van der Waals surface area contributed by atoms with E-state index < -0.39 is 11.6 Å². The topological polar surface area (TPSA) is 87.1 Å². The Kier molecular flexibility index (Phi) is 4.88. The zero-order chi connectivity index (χ0) is 15.6. The molecule has 0 aromatic heterocycles. The van der Waals surface area contributed by atoms with Gasteiger partial charge in [0, 0.05) is 19.0 Å². The van der Waals surface area contributed by atoms with Gasteiger partial charge in [-0.15, -0.1) is 0 Å². The van der Waals surface area contributed by atoms with Crippen LogP contribution in [0.25, 0.3) is 0 Å². The Hall–Kier alpha value is -1.14. The van der Waals surface area contributed by atoms with Crippen LogP contribution in [0.3, 0.4) is 0 Å². The third-order valence-corrected chi connectivity index (χ3v) is 4.42. The molecule has 1 aliphatic carbocycles. The van der Waals surface area contributed by atoms with Crippen molar-refractivity contribution in [3.05, 3.63) is 0 Å². The fourth-order valence-corrected chi connectivity index (χ4v) is 3.40. The first-order valence-corrected chi connectivity index (χ1v) is 7.62. The lowest BCUT2D eigenvalue weighted by Crippen LogP contribution is -2.56. The summed E-state index contributed by atoms with van der Waals surface area (Å²) in [5, 5.41) is 18.3. The molecule has 120 valence electrons. The van der Waals surface area contributed by atoms with E-state index in [0.717, 1.165) is 0 Å². The maximum absolute atomic E-state index is 12.6. The van der Waals surface area contributed by atoms with Crippen molar-refractivity contribution >= 4 is 11.9 Å². The average molecular weight is 299 g/mol. The van der Waals surface area contributed by atoms with Crippen molar-refractivity contribution in [3.63, 3.8) is 0 Å². The number of rotatable bonds is 3. The van der Waals surface area contributed by atoms with Crippen LogP contribution in [0, 0.1) is 11.8 Å². The van der Waals surface area contributed by atoms with Gasteiger partial charge in [0.25, 0.3) is 0 Å². The highest BCUT2D eigenvalue weighted by atomic mass is 16.5. The Morgan fingerprint density at radius 3 is 2.29 bits per heavy atom. The number of nitrogens with zero attached hydrogens (tertiary/aromatic N) is 1. The van der Waals surface area contributed by atoms with Gasteiger partial charge in [0.15, 0.2) is 0 Å². The molecule has 0 aromatic carbocycles. The van der Waals surface area contributed by atoms with Crippen LogP contribution < -0.4 is 0 Å². The summed E-state index contributed by atoms with van der Waals surface area (Å²) in [5.74, 6) is -1.07. The van der Waals surface area contributed by atoms with Crippen LogP contribution in [-0.2, 0) is 14.3 Å². The third-order valence-electron chi connectivity index (χ3n) is 4.42. The van der Waals surface area contributed by atoms with E-state index in [-0.39, 0.29) is 30.5 Å². The highest BCUT2D eigenvalue weighted by Gasteiger charge is 2.38. The lowest BCUT2D eigenvalue weighted by Gasteiger charge is -2.43. The molecule has 1 saturated carbocycles. The number of carbonyl (C=O) groups is 2. The first kappa shape index (κ1) is 16.2. The minimum absolute atomic E-state index is 0.0775. The van der Waals surface area contributed by atoms with E-state index in [1.54, 1.807) is 4.90 Å². The van der Waals surface area contributed by atoms with Gasteiger partial charge >= 0.3 is 5.97 Å². The first-order chi connectivity index (χ1) is 9.82. The van der Waals surface area contributed by atoms with Crippen molar-refractivity contribution in [1.82, 2.24) is 4.90 Å². The molecule has 1 atom stereocenters. The van der Waals surface area contributed by atoms with Crippen molar-refractivity contribution in [2.45, 2.75) is 51.2 Å². The molecular weight excluding hydrogens is 274 g/mol. The summed E-state index contributed by atoms with van der Waals surface area (Å²) in [6.45, 7) is 4.66. The highest BCUT2D eigenvalue weighted by molar-refractivity contribution is 5.79. The fraction of sp³-hybridized carbons (Fsp3) is 0.867. The van der Waals surface area contributed by atoms with Gasteiger partial charge in [0.05, 0.1) is 24.2 Å². The van der Waals surface area contributed by atoms with Gasteiger partial charge < -0.3 is 19.8 Å². The summed E-state index contributed by atoms with van der Waals surface area (Å²) in [7, 11) is 0. The normalized spacial score (nSPS) is 32.7. The van der Waals surface area contributed by atoms with Crippen LogP contribution >= 0.6 is 0 Å². The molecule has 1 saturated heterocycles. The Morgan fingerprint density at radius 1 is 1.19 bits per heavy atom. The molecule has 0 bridgehead atoms. The van der Waals surface area contributed by atoms with Gasteiger partial charge in [0.2, 0.25) is 5.91 Å². The van der Waals surface area contributed by atoms with Gasteiger partial charge in [0.1, 0.15) is 0 Å². The lowest BCUT2D eigenvalue weighted by atomic mass is 9.81. The summed E-state index contributed by atoms with van der Waals surface area (Å²) in [6.07, 6.45) is 2.08. The molecule has 2 fully saturated rings. The first-order valence-electron chi connectivity index (χ1n) is 7.62. The quantitative estimate of drug-likeness (QED) is 0.807. The van der Waals surface area contributed by atoms with E-state index in [9.17, 15) is 14.7 Å². The van der Waals surface area contributed by atoms with Crippen LogP contribution in [0.1, 0.15) is 39.5 Å². The molecule has 1 heterocycles. The van der Waals surface area contributed by atoms with E-state index in [1.807, 2.05) is 13.8 Å². The molecule has 1 unspecified atom stereocenters. The molecule has 0 aromatic rings. The minimum atomic E-state index is -0.756. The number of hydrogen-bond donors (Lipinski definition) is 2. The molecule has 2 rings (SSSR count). The van der Waals surface area contributed by atoms with E-state index >= 15 is 0 Å². The number of aliphatic carboxylic acids is 1. The molecule has 6 nitrogen and oxygen atoms in total. The zero-order valence-corrected chi connectivity index (χ0v) is 12.7. The number of aliphatic hydroxyl groups is 1. The molecular formula is C15H25NO5. The van der Waals surface area contributed by atoms with E-state index in [2.05, 4.69) is 0 Å². The number of ether oxygens (including phenoxy) is 1. The molecule has 1 aliphatic heterocycles. The Labute approximate surface area is 125 Å². The van der Waals surface area contributed by atoms with Crippen molar-refractivity contribution in [2.24, 2.45) is 11.8 Å². The summed E-state index contributed by atoms with van der Waals surface area (Å²) < 4.78 is 5.72. The van der Waals surface area contributed by atoms with Crippen molar-refractivity contribution in [1.29, 1.82) is 0 Å². The van der Waals surface area contributed by atoms with E-state index in [1.165, 1.54) is 0 Å². The van der Waals surface area contributed by atoms with Crippen LogP contribution in [0.15, 0.2) is 0 Å². The molecule has 21 heavy (non-hydrogen) atoms. The maximum Gasteiger partial charge on any atom is 0.306 e. The largest absolute Gasteiger partial charge is 0.481 e. The number of aliphatic hydroxyl groups excluding tert-OH is 1. The molecule has 0 spiro atoms. The maximum atomic E-state index is 12.6. The number of hydrogen-bond acceptors (Lipinski definition) is 4. The summed E-state index contributed by atoms with van der Waals surface area (Å²) in [4.78, 5) is 25.4. The van der Waals surface area contributed by atoms with Crippen LogP contribution in [0.4, 0.5) is 0 Å². The number of carboxylic acids is 1. The van der Waals surface area contributed by atoms with Crippen LogP contribution in [0.2, 0.25) is 0 Å². The van der Waals surface area contributed by atoms with Crippen molar-refractivity contribution in [3.8, 4) is 0 Å². The number of carboxylic acid groups (broad SMARTS) is 1.